The highest BCUT2D eigenvalue weighted by Crippen LogP contribution is 2.58. The number of aliphatic hydroxyl groups is 1. The second-order valence-electron chi connectivity index (χ2n) is 7.80. The summed E-state index contributed by atoms with van der Waals surface area (Å²) in [5.41, 5.74) is 0.896. The molecule has 1 aliphatic heterocycles. The highest BCUT2D eigenvalue weighted by molar-refractivity contribution is 5.89. The van der Waals surface area contributed by atoms with E-state index in [1.165, 1.54) is 12.8 Å². The number of hydrogen-bond donors (Lipinski definition) is 1. The van der Waals surface area contributed by atoms with Gasteiger partial charge in [0, 0.05) is 12.0 Å². The van der Waals surface area contributed by atoms with Crippen LogP contribution in [0, 0.1) is 23.2 Å². The average molecular weight is 292 g/mol. The molecule has 3 nitrogen and oxygen atoms in total. The molecule has 6 atom stereocenters. The molecule has 2 unspecified atom stereocenters. The van der Waals surface area contributed by atoms with Gasteiger partial charge in [0.15, 0.2) is 0 Å². The smallest absolute Gasteiger partial charge is 0.333 e. The van der Waals surface area contributed by atoms with E-state index in [0.29, 0.717) is 29.7 Å². The van der Waals surface area contributed by atoms with E-state index in [0.717, 1.165) is 25.7 Å². The Morgan fingerprint density at radius 1 is 1.43 bits per heavy atom. The number of fused-ring (bicyclic) bond motifs is 1. The van der Waals surface area contributed by atoms with Gasteiger partial charge in [-0.3, -0.25) is 0 Å². The molecule has 1 N–H and O–H groups in total. The summed E-state index contributed by atoms with van der Waals surface area (Å²) in [6.45, 7) is 8.45. The first kappa shape index (κ1) is 15.1. The van der Waals surface area contributed by atoms with Gasteiger partial charge in [-0.25, -0.2) is 4.79 Å². The molecule has 3 aliphatic rings. The third-order valence-electron chi connectivity index (χ3n) is 6.52. The van der Waals surface area contributed by atoms with Gasteiger partial charge in [0.05, 0.1) is 6.10 Å². The second-order valence-corrected chi connectivity index (χ2v) is 7.80. The van der Waals surface area contributed by atoms with E-state index in [9.17, 15) is 9.90 Å². The lowest BCUT2D eigenvalue weighted by Gasteiger charge is -2.45. The monoisotopic (exact) mass is 292 g/mol. The summed E-state index contributed by atoms with van der Waals surface area (Å²) in [6, 6.07) is 0. The number of rotatable bonds is 3. The summed E-state index contributed by atoms with van der Waals surface area (Å²) in [7, 11) is 0. The van der Waals surface area contributed by atoms with Crippen molar-refractivity contribution in [2.45, 2.75) is 71.0 Å². The Bertz CT molecular complexity index is 428. The Kier molecular flexibility index (Phi) is 3.89. The van der Waals surface area contributed by atoms with Gasteiger partial charge in [0.2, 0.25) is 0 Å². The van der Waals surface area contributed by atoms with Crippen LogP contribution in [0.4, 0.5) is 0 Å². The molecule has 21 heavy (non-hydrogen) atoms. The molecule has 0 aromatic carbocycles. The van der Waals surface area contributed by atoms with Crippen molar-refractivity contribution in [3.63, 3.8) is 0 Å². The molecule has 3 rings (SSSR count). The van der Waals surface area contributed by atoms with Gasteiger partial charge < -0.3 is 9.84 Å². The average Bonchev–Trinajstić information content (AvgIpc) is 2.91. The van der Waals surface area contributed by atoms with E-state index in [-0.39, 0.29) is 23.6 Å². The maximum Gasteiger partial charge on any atom is 0.333 e. The number of hydrogen-bond acceptors (Lipinski definition) is 3. The van der Waals surface area contributed by atoms with Crippen molar-refractivity contribution in [1.82, 2.24) is 0 Å². The minimum Gasteiger partial charge on any atom is -0.459 e. The molecule has 1 saturated heterocycles. The lowest BCUT2D eigenvalue weighted by molar-refractivity contribution is -0.139. The van der Waals surface area contributed by atoms with Crippen LogP contribution in [0.1, 0.15) is 58.8 Å². The number of esters is 1. The maximum absolute atomic E-state index is 11.5. The van der Waals surface area contributed by atoms with Gasteiger partial charge >= 0.3 is 5.97 Å². The fraction of sp³-hybridized carbons (Fsp3) is 0.833. The van der Waals surface area contributed by atoms with E-state index < -0.39 is 0 Å². The fourth-order valence-electron chi connectivity index (χ4n) is 5.47. The van der Waals surface area contributed by atoms with Crippen LogP contribution in [-0.4, -0.2) is 23.3 Å². The Morgan fingerprint density at radius 3 is 2.86 bits per heavy atom. The van der Waals surface area contributed by atoms with E-state index >= 15 is 0 Å². The summed E-state index contributed by atoms with van der Waals surface area (Å²) in [5.74, 6) is 1.44. The topological polar surface area (TPSA) is 46.5 Å². The van der Waals surface area contributed by atoms with Crippen LogP contribution in [0.15, 0.2) is 12.2 Å². The van der Waals surface area contributed by atoms with Gasteiger partial charge in [-0.05, 0) is 55.3 Å². The lowest BCUT2D eigenvalue weighted by atomic mass is 9.61. The zero-order chi connectivity index (χ0) is 15.2. The van der Waals surface area contributed by atoms with Crippen molar-refractivity contribution in [3.05, 3.63) is 12.2 Å². The van der Waals surface area contributed by atoms with Crippen molar-refractivity contribution < 1.29 is 14.6 Å². The zero-order valence-electron chi connectivity index (χ0n) is 13.3. The molecular weight excluding hydrogens is 264 g/mol. The summed E-state index contributed by atoms with van der Waals surface area (Å²) in [5, 5.41) is 10.3. The molecule has 0 amide bonds. The minimum atomic E-state index is -0.212. The number of aliphatic hydroxyl groups excluding tert-OH is 1. The van der Waals surface area contributed by atoms with Crippen LogP contribution in [0.5, 0.6) is 0 Å². The van der Waals surface area contributed by atoms with Crippen molar-refractivity contribution >= 4 is 5.97 Å². The first-order valence-corrected chi connectivity index (χ1v) is 8.48. The Balaban J connectivity index is 1.66. The van der Waals surface area contributed by atoms with E-state index in [2.05, 4.69) is 20.4 Å². The molecule has 0 bridgehead atoms. The number of carbonyl (C=O) groups excluding carboxylic acids is 1. The second kappa shape index (κ2) is 5.42. The van der Waals surface area contributed by atoms with Gasteiger partial charge in [-0.1, -0.05) is 26.8 Å². The van der Waals surface area contributed by atoms with Gasteiger partial charge in [0.1, 0.15) is 6.10 Å². The standard InChI is InChI=1S/C18H28O3/c1-11(9-13-10-12(2)17(20)21-13)14-6-7-15-16(19)5-4-8-18(14,15)3/h11,13-16,19H,2,4-10H2,1,3H3/t11-,13-,14-,15?,16?,18+/m1/s1. The molecule has 0 aromatic rings. The predicted molar refractivity (Wildman–Crippen MR) is 81.6 cm³/mol. The van der Waals surface area contributed by atoms with E-state index in [1.807, 2.05) is 0 Å². The van der Waals surface area contributed by atoms with Crippen molar-refractivity contribution in [2.75, 3.05) is 0 Å². The highest BCUT2D eigenvalue weighted by Gasteiger charge is 2.52. The largest absolute Gasteiger partial charge is 0.459 e. The third kappa shape index (κ3) is 2.54. The molecule has 2 aliphatic carbocycles. The summed E-state index contributed by atoms with van der Waals surface area (Å²) in [6.07, 6.45) is 7.27. The van der Waals surface area contributed by atoms with Crippen molar-refractivity contribution in [3.8, 4) is 0 Å². The Labute approximate surface area is 127 Å². The first-order valence-electron chi connectivity index (χ1n) is 8.48. The zero-order valence-corrected chi connectivity index (χ0v) is 13.3. The summed E-state index contributed by atoms with van der Waals surface area (Å²) < 4.78 is 5.41. The molecule has 3 fully saturated rings. The fourth-order valence-corrected chi connectivity index (χ4v) is 5.47. The number of cyclic esters (lactones) is 1. The van der Waals surface area contributed by atoms with Gasteiger partial charge in [-0.15, -0.1) is 0 Å². The van der Waals surface area contributed by atoms with Crippen molar-refractivity contribution in [1.29, 1.82) is 0 Å². The molecule has 0 spiro atoms. The Morgan fingerprint density at radius 2 is 2.19 bits per heavy atom. The SMILES string of the molecule is C=C1C[C@@H](C[C@@H](C)[C@H]2CCC3C(O)CCC[C@]32C)OC1=O. The molecule has 0 radical (unpaired) electrons. The van der Waals surface area contributed by atoms with Crippen LogP contribution in [-0.2, 0) is 9.53 Å². The lowest BCUT2D eigenvalue weighted by Crippen LogP contribution is -2.41. The van der Waals surface area contributed by atoms with Crippen LogP contribution in [0.2, 0.25) is 0 Å². The maximum atomic E-state index is 11.5. The highest BCUT2D eigenvalue weighted by atomic mass is 16.5. The molecule has 1 heterocycles. The summed E-state index contributed by atoms with van der Waals surface area (Å²) >= 11 is 0. The molecule has 3 heteroatoms. The molecule has 118 valence electrons. The summed E-state index contributed by atoms with van der Waals surface area (Å²) in [4.78, 5) is 11.5. The normalized spacial score (nSPS) is 44.5. The van der Waals surface area contributed by atoms with E-state index in [1.54, 1.807) is 0 Å². The molecule has 0 aromatic heterocycles. The third-order valence-corrected chi connectivity index (χ3v) is 6.52. The van der Waals surface area contributed by atoms with Gasteiger partial charge in [-0.2, -0.15) is 0 Å². The van der Waals surface area contributed by atoms with Crippen molar-refractivity contribution in [2.24, 2.45) is 23.2 Å². The van der Waals surface area contributed by atoms with Crippen LogP contribution < -0.4 is 0 Å². The van der Waals surface area contributed by atoms with Crippen LogP contribution >= 0.6 is 0 Å². The number of carbonyl (C=O) groups is 1. The van der Waals surface area contributed by atoms with Crippen LogP contribution in [0.3, 0.4) is 0 Å². The van der Waals surface area contributed by atoms with Crippen LogP contribution in [0.25, 0.3) is 0 Å². The van der Waals surface area contributed by atoms with Gasteiger partial charge in [0.25, 0.3) is 0 Å². The predicted octanol–water partition coefficient (Wildman–Crippen LogP) is 3.46. The quantitative estimate of drug-likeness (QED) is 0.640. The van der Waals surface area contributed by atoms with E-state index in [4.69, 9.17) is 4.74 Å². The first-order chi connectivity index (χ1) is 9.91. The Hall–Kier alpha value is -0.830. The molecule has 2 saturated carbocycles. The minimum absolute atomic E-state index is 0.0242. The molecular formula is C18H28O3. The number of ether oxygens (including phenoxy) is 1.